The average molecular weight is 204 g/mol. The molecule has 0 spiro atoms. The van der Waals surface area contributed by atoms with E-state index in [2.05, 4.69) is 0 Å². The van der Waals surface area contributed by atoms with Crippen LogP contribution in [0.3, 0.4) is 0 Å². The van der Waals surface area contributed by atoms with E-state index in [0.717, 1.165) is 0 Å². The van der Waals surface area contributed by atoms with Gasteiger partial charge in [-0.25, -0.2) is 0 Å². The molecule has 0 aliphatic carbocycles. The van der Waals surface area contributed by atoms with Crippen LogP contribution in [0, 0.1) is 0 Å². The Balaban J connectivity index is -0.0000000267. The monoisotopic (exact) mass is 204 g/mol. The molecule has 0 aromatic rings. The van der Waals surface area contributed by atoms with E-state index in [0.29, 0.717) is 0 Å². The molecule has 8 heavy (non-hydrogen) atoms. The summed E-state index contributed by atoms with van der Waals surface area (Å²) in [5, 5.41) is 0. The fourth-order valence-electron chi connectivity index (χ4n) is 0. The van der Waals surface area contributed by atoms with Gasteiger partial charge in [0.15, 0.2) is 0 Å². The molecule has 0 bridgehead atoms. The maximum absolute atomic E-state index is 8.74. The summed E-state index contributed by atoms with van der Waals surface area (Å²) in [6.45, 7) is 0. The van der Waals surface area contributed by atoms with Gasteiger partial charge in [0, 0.05) is 21.7 Å². The van der Waals surface area contributed by atoms with E-state index in [9.17, 15) is 0 Å². The minimum atomic E-state index is -4.67. The van der Waals surface area contributed by atoms with Gasteiger partial charge in [0.1, 0.15) is 0 Å². The van der Waals surface area contributed by atoms with E-state index in [4.69, 9.17) is 17.5 Å². The molecular weight excluding hydrogens is 199 g/mol. The van der Waals surface area contributed by atoms with Crippen molar-refractivity contribution in [3.63, 3.8) is 0 Å². The molecule has 0 fully saturated rings. The molecule has 0 atom stereocenters. The molecule has 4 nitrogen and oxygen atoms in total. The topological polar surface area (TPSA) is 74.6 Å². The maximum atomic E-state index is 8.74. The normalized spacial score (nSPS) is 7.25. The zero-order valence-corrected chi connectivity index (χ0v) is 6.50. The minimum absolute atomic E-state index is 0. The standard InChI is InChI=1S/Na.H2O4S.H2S.Ti.H/c;1-5(2,3)4;;;/h;(H2,1,2,3,4);1H2;;. The van der Waals surface area contributed by atoms with Gasteiger partial charge in [-0.3, -0.25) is 9.11 Å². The van der Waals surface area contributed by atoms with E-state index < -0.39 is 10.4 Å². The Bertz CT molecular complexity index is 97.2. The van der Waals surface area contributed by atoms with Crippen molar-refractivity contribution in [1.29, 1.82) is 0 Å². The molecule has 0 aromatic carbocycles. The van der Waals surface area contributed by atoms with Crippen molar-refractivity contribution in [2.75, 3.05) is 0 Å². The minimum Gasteiger partial charge on any atom is 0 e. The van der Waals surface area contributed by atoms with Gasteiger partial charge in [0.25, 0.3) is 0 Å². The SMILES string of the molecule is O=S(=O)(O)O.S.[NaH].[Ti]. The van der Waals surface area contributed by atoms with Crippen molar-refractivity contribution in [1.82, 2.24) is 0 Å². The Labute approximate surface area is 91.6 Å². The molecule has 0 aliphatic rings. The van der Waals surface area contributed by atoms with Gasteiger partial charge in [-0.2, -0.15) is 21.9 Å². The third kappa shape index (κ3) is 102. The van der Waals surface area contributed by atoms with Crippen LogP contribution in [0.4, 0.5) is 0 Å². The molecule has 0 heterocycles. The molecule has 0 aromatic heterocycles. The third-order valence-corrected chi connectivity index (χ3v) is 0. The Kier molecular flexibility index (Phi) is 25.1. The maximum Gasteiger partial charge on any atom is 0 e. The number of hydrogen-bond donors (Lipinski definition) is 2. The summed E-state index contributed by atoms with van der Waals surface area (Å²) < 4.78 is 31.6. The molecular formula is H5NaO4S2Ti. The molecule has 8 heteroatoms. The van der Waals surface area contributed by atoms with Gasteiger partial charge < -0.3 is 0 Å². The van der Waals surface area contributed by atoms with Gasteiger partial charge in [0.05, 0.1) is 0 Å². The van der Waals surface area contributed by atoms with Gasteiger partial charge >= 0.3 is 40.0 Å². The molecule has 0 saturated heterocycles. The summed E-state index contributed by atoms with van der Waals surface area (Å²) in [6, 6.07) is 0. The van der Waals surface area contributed by atoms with Crippen LogP contribution in [0.5, 0.6) is 0 Å². The molecule has 0 saturated carbocycles. The summed E-state index contributed by atoms with van der Waals surface area (Å²) in [6.07, 6.45) is 0. The fourth-order valence-corrected chi connectivity index (χ4v) is 0. The number of hydrogen-bond acceptors (Lipinski definition) is 2. The largest absolute Gasteiger partial charge is 0 e. The van der Waals surface area contributed by atoms with E-state index in [-0.39, 0.29) is 64.8 Å². The predicted octanol–water partition coefficient (Wildman–Crippen LogP) is -1.19. The first kappa shape index (κ1) is 22.5. The Hall–Kier alpha value is 1.93. The fraction of sp³-hybridized carbons (Fsp3) is 0. The predicted molar refractivity (Wildman–Crippen MR) is 31.7 cm³/mol. The van der Waals surface area contributed by atoms with Crippen molar-refractivity contribution in [2.45, 2.75) is 0 Å². The van der Waals surface area contributed by atoms with Crippen molar-refractivity contribution in [2.24, 2.45) is 0 Å². The molecule has 0 aliphatic heterocycles. The summed E-state index contributed by atoms with van der Waals surface area (Å²) in [5.41, 5.74) is 0. The second-order valence-electron chi connectivity index (χ2n) is 0.448. The van der Waals surface area contributed by atoms with Gasteiger partial charge in [-0.05, 0) is 0 Å². The Morgan fingerprint density at radius 2 is 1.12 bits per heavy atom. The van der Waals surface area contributed by atoms with Crippen LogP contribution < -0.4 is 0 Å². The first-order valence-corrected chi connectivity index (χ1v) is 2.10. The van der Waals surface area contributed by atoms with Gasteiger partial charge in [-0.1, -0.05) is 0 Å². The number of rotatable bonds is 0. The van der Waals surface area contributed by atoms with Crippen molar-refractivity contribution in [3.05, 3.63) is 0 Å². The van der Waals surface area contributed by atoms with E-state index in [1.807, 2.05) is 0 Å². The van der Waals surface area contributed by atoms with Crippen molar-refractivity contribution in [3.8, 4) is 0 Å². The molecule has 0 rings (SSSR count). The summed E-state index contributed by atoms with van der Waals surface area (Å²) in [4.78, 5) is 0. The first-order chi connectivity index (χ1) is 2.00. The molecule has 46 valence electrons. The van der Waals surface area contributed by atoms with Crippen LogP contribution in [0.15, 0.2) is 0 Å². The quantitative estimate of drug-likeness (QED) is 0.384. The van der Waals surface area contributed by atoms with Crippen molar-refractivity contribution < 1.29 is 39.2 Å². The third-order valence-electron chi connectivity index (χ3n) is 0. The molecule has 0 unspecified atom stereocenters. The second kappa shape index (κ2) is 8.93. The summed E-state index contributed by atoms with van der Waals surface area (Å²) in [5.74, 6) is 0. The first-order valence-electron chi connectivity index (χ1n) is 0.698. The van der Waals surface area contributed by atoms with Crippen LogP contribution in [-0.2, 0) is 32.1 Å². The van der Waals surface area contributed by atoms with E-state index in [1.54, 1.807) is 0 Å². The average Bonchev–Trinajstić information content (AvgIpc) is 0.722. The van der Waals surface area contributed by atoms with Gasteiger partial charge in [-0.15, -0.1) is 0 Å². The zero-order chi connectivity index (χ0) is 4.50. The Morgan fingerprint density at radius 1 is 1.12 bits per heavy atom. The van der Waals surface area contributed by atoms with E-state index in [1.165, 1.54) is 0 Å². The van der Waals surface area contributed by atoms with Crippen LogP contribution in [0.2, 0.25) is 0 Å². The zero-order valence-electron chi connectivity index (χ0n) is 3.12. The smallest absolute Gasteiger partial charge is 0 e. The van der Waals surface area contributed by atoms with Gasteiger partial charge in [0.2, 0.25) is 0 Å². The Morgan fingerprint density at radius 3 is 1.12 bits per heavy atom. The van der Waals surface area contributed by atoms with Crippen LogP contribution in [0.25, 0.3) is 0 Å². The molecule has 0 radical (unpaired) electrons. The summed E-state index contributed by atoms with van der Waals surface area (Å²) in [7, 11) is -4.67. The molecule has 2 N–H and O–H groups in total. The van der Waals surface area contributed by atoms with Crippen LogP contribution >= 0.6 is 13.5 Å². The second-order valence-corrected chi connectivity index (χ2v) is 1.34. The molecule has 0 amide bonds. The summed E-state index contributed by atoms with van der Waals surface area (Å²) >= 11 is 0. The van der Waals surface area contributed by atoms with Crippen LogP contribution in [-0.4, -0.2) is 47.1 Å². The van der Waals surface area contributed by atoms with E-state index >= 15 is 0 Å². The van der Waals surface area contributed by atoms with Crippen LogP contribution in [0.1, 0.15) is 0 Å². The van der Waals surface area contributed by atoms with Crippen molar-refractivity contribution >= 4 is 53.5 Å².